The Bertz CT molecular complexity index is 279. The Kier molecular flexibility index (Phi) is 3.81. The van der Waals surface area contributed by atoms with E-state index in [-0.39, 0.29) is 0 Å². The molecule has 1 aromatic rings. The minimum Gasteiger partial charge on any atom is -0.295 e. The van der Waals surface area contributed by atoms with Crippen LogP contribution in [0.25, 0.3) is 0 Å². The van der Waals surface area contributed by atoms with E-state index >= 15 is 0 Å². The van der Waals surface area contributed by atoms with Crippen LogP contribution in [-0.2, 0) is 0 Å². The van der Waals surface area contributed by atoms with Crippen molar-refractivity contribution in [3.8, 4) is 0 Å². The number of rotatable bonds is 3. The van der Waals surface area contributed by atoms with Gasteiger partial charge in [0, 0.05) is 17.5 Å². The molecule has 0 bridgehead atoms. The van der Waals surface area contributed by atoms with Crippen LogP contribution in [0, 0.1) is 5.92 Å². The molecule has 0 radical (unpaired) electrons. The third kappa shape index (κ3) is 2.82. The molecule has 1 atom stereocenters. The smallest absolute Gasteiger partial charge is 0.0441 e. The van der Waals surface area contributed by atoms with Crippen LogP contribution in [0.2, 0.25) is 0 Å². The molecule has 1 aliphatic rings. The van der Waals surface area contributed by atoms with Crippen molar-refractivity contribution in [2.24, 2.45) is 5.92 Å². The van der Waals surface area contributed by atoms with Crippen LogP contribution in [0.15, 0.2) is 17.5 Å². The van der Waals surface area contributed by atoms with Gasteiger partial charge in [-0.3, -0.25) is 4.90 Å². The van der Waals surface area contributed by atoms with Crippen molar-refractivity contribution < 1.29 is 0 Å². The molecule has 1 saturated heterocycles. The highest BCUT2D eigenvalue weighted by atomic mass is 32.1. The van der Waals surface area contributed by atoms with Gasteiger partial charge in [-0.05, 0) is 36.8 Å². The lowest BCUT2D eigenvalue weighted by atomic mass is 9.99. The quantitative estimate of drug-likeness (QED) is 0.750. The molecule has 2 heterocycles. The van der Waals surface area contributed by atoms with E-state index in [0.29, 0.717) is 6.04 Å². The molecule has 15 heavy (non-hydrogen) atoms. The molecule has 1 aromatic heterocycles. The monoisotopic (exact) mass is 223 g/mol. The summed E-state index contributed by atoms with van der Waals surface area (Å²) in [5, 5.41) is 2.21. The van der Waals surface area contributed by atoms with E-state index in [1.165, 1.54) is 32.4 Å². The van der Waals surface area contributed by atoms with Crippen molar-refractivity contribution in [3.05, 3.63) is 22.4 Å². The number of hydrogen-bond acceptors (Lipinski definition) is 2. The first-order chi connectivity index (χ1) is 7.27. The van der Waals surface area contributed by atoms with Crippen LogP contribution in [0.1, 0.15) is 44.0 Å². The Hall–Kier alpha value is -0.340. The fraction of sp³-hybridized carbons (Fsp3) is 0.692. The summed E-state index contributed by atoms with van der Waals surface area (Å²) in [6, 6.07) is 5.19. The minimum atomic E-state index is 0.709. The first kappa shape index (κ1) is 11.2. The molecular formula is C13H21NS. The van der Waals surface area contributed by atoms with Crippen molar-refractivity contribution >= 4 is 11.3 Å². The average Bonchev–Trinajstić information content (AvgIpc) is 2.70. The van der Waals surface area contributed by atoms with Gasteiger partial charge in [-0.25, -0.2) is 0 Å². The molecule has 0 saturated carbocycles. The van der Waals surface area contributed by atoms with Gasteiger partial charge >= 0.3 is 0 Å². The van der Waals surface area contributed by atoms with Crippen LogP contribution in [0.3, 0.4) is 0 Å². The van der Waals surface area contributed by atoms with Gasteiger partial charge in [-0.1, -0.05) is 26.3 Å². The second kappa shape index (κ2) is 5.13. The summed E-state index contributed by atoms with van der Waals surface area (Å²) in [6.07, 6.45) is 4.14. The first-order valence-corrected chi connectivity index (χ1v) is 6.93. The molecular weight excluding hydrogens is 202 g/mol. The van der Waals surface area contributed by atoms with Gasteiger partial charge in [-0.2, -0.15) is 0 Å². The molecule has 0 aromatic carbocycles. The molecule has 2 heteroatoms. The summed E-state index contributed by atoms with van der Waals surface area (Å²) >= 11 is 1.92. The third-order valence-corrected chi connectivity index (χ3v) is 4.06. The second-order valence-electron chi connectivity index (χ2n) is 4.92. The molecule has 0 N–H and O–H groups in total. The lowest BCUT2D eigenvalue weighted by Gasteiger charge is -2.36. The fourth-order valence-corrected chi connectivity index (χ4v) is 3.38. The van der Waals surface area contributed by atoms with Gasteiger partial charge in [0.2, 0.25) is 0 Å². The number of hydrogen-bond donors (Lipinski definition) is 0. The summed E-state index contributed by atoms with van der Waals surface area (Å²) in [6.45, 7) is 7.18. The zero-order valence-electron chi connectivity index (χ0n) is 9.78. The number of thiophene rings is 1. The average molecular weight is 223 g/mol. The standard InChI is InChI=1S/C13H21NS/c1-11(2)10-14-8-4-3-6-12(14)13-7-5-9-15-13/h5,7,9,11-12H,3-4,6,8,10H2,1-2H3/t12-/m0/s1. The molecule has 84 valence electrons. The summed E-state index contributed by atoms with van der Waals surface area (Å²) in [4.78, 5) is 4.25. The molecule has 1 fully saturated rings. The summed E-state index contributed by atoms with van der Waals surface area (Å²) in [5.74, 6) is 0.783. The molecule has 1 aliphatic heterocycles. The van der Waals surface area contributed by atoms with Gasteiger partial charge in [0.15, 0.2) is 0 Å². The maximum Gasteiger partial charge on any atom is 0.0441 e. The number of nitrogens with zero attached hydrogens (tertiary/aromatic N) is 1. The second-order valence-corrected chi connectivity index (χ2v) is 5.90. The van der Waals surface area contributed by atoms with Crippen LogP contribution in [-0.4, -0.2) is 18.0 Å². The third-order valence-electron chi connectivity index (χ3n) is 3.08. The Labute approximate surface area is 97.1 Å². The van der Waals surface area contributed by atoms with Crippen LogP contribution < -0.4 is 0 Å². The van der Waals surface area contributed by atoms with Crippen molar-refractivity contribution in [3.63, 3.8) is 0 Å². The summed E-state index contributed by atoms with van der Waals surface area (Å²) in [7, 11) is 0. The molecule has 1 nitrogen and oxygen atoms in total. The van der Waals surface area contributed by atoms with Gasteiger partial charge in [-0.15, -0.1) is 11.3 Å². The topological polar surface area (TPSA) is 3.24 Å². The first-order valence-electron chi connectivity index (χ1n) is 6.05. The lowest BCUT2D eigenvalue weighted by Crippen LogP contribution is -2.35. The predicted octanol–water partition coefficient (Wildman–Crippen LogP) is 3.93. The van der Waals surface area contributed by atoms with Crippen molar-refractivity contribution in [1.82, 2.24) is 4.90 Å². The lowest BCUT2D eigenvalue weighted by molar-refractivity contribution is 0.134. The SMILES string of the molecule is CC(C)CN1CCCC[C@H]1c1cccs1. The largest absolute Gasteiger partial charge is 0.295 e. The van der Waals surface area contributed by atoms with Gasteiger partial charge in [0.1, 0.15) is 0 Å². The van der Waals surface area contributed by atoms with Crippen LogP contribution in [0.4, 0.5) is 0 Å². The highest BCUT2D eigenvalue weighted by molar-refractivity contribution is 7.10. The highest BCUT2D eigenvalue weighted by Gasteiger charge is 2.24. The van der Waals surface area contributed by atoms with Crippen molar-refractivity contribution in [1.29, 1.82) is 0 Å². The predicted molar refractivity (Wildman–Crippen MR) is 67.3 cm³/mol. The Balaban J connectivity index is 2.06. The van der Waals surface area contributed by atoms with Crippen molar-refractivity contribution in [2.75, 3.05) is 13.1 Å². The van der Waals surface area contributed by atoms with Gasteiger partial charge in [0.05, 0.1) is 0 Å². The molecule has 0 aliphatic carbocycles. The Morgan fingerprint density at radius 2 is 2.33 bits per heavy atom. The van der Waals surface area contributed by atoms with E-state index < -0.39 is 0 Å². The normalized spacial score (nSPS) is 23.5. The number of piperidine rings is 1. The minimum absolute atomic E-state index is 0.709. The van der Waals surface area contributed by atoms with E-state index in [2.05, 4.69) is 36.3 Å². The Morgan fingerprint density at radius 1 is 1.47 bits per heavy atom. The fourth-order valence-electron chi connectivity index (χ4n) is 2.48. The molecule has 0 unspecified atom stereocenters. The van der Waals surface area contributed by atoms with E-state index in [0.717, 1.165) is 5.92 Å². The summed E-state index contributed by atoms with van der Waals surface area (Å²) < 4.78 is 0. The van der Waals surface area contributed by atoms with Gasteiger partial charge < -0.3 is 0 Å². The van der Waals surface area contributed by atoms with Crippen LogP contribution >= 0.6 is 11.3 Å². The van der Waals surface area contributed by atoms with E-state index in [4.69, 9.17) is 0 Å². The zero-order chi connectivity index (χ0) is 10.7. The van der Waals surface area contributed by atoms with Crippen LogP contribution in [0.5, 0.6) is 0 Å². The zero-order valence-corrected chi connectivity index (χ0v) is 10.6. The maximum absolute atomic E-state index is 2.68. The summed E-state index contributed by atoms with van der Waals surface area (Å²) in [5.41, 5.74) is 0. The van der Waals surface area contributed by atoms with Gasteiger partial charge in [0.25, 0.3) is 0 Å². The van der Waals surface area contributed by atoms with E-state index in [9.17, 15) is 0 Å². The molecule has 2 rings (SSSR count). The molecule has 0 spiro atoms. The molecule has 0 amide bonds. The van der Waals surface area contributed by atoms with E-state index in [1.807, 2.05) is 11.3 Å². The Morgan fingerprint density at radius 3 is 3.00 bits per heavy atom. The van der Waals surface area contributed by atoms with E-state index in [1.54, 1.807) is 4.88 Å². The van der Waals surface area contributed by atoms with Crippen molar-refractivity contribution in [2.45, 2.75) is 39.2 Å². The highest BCUT2D eigenvalue weighted by Crippen LogP contribution is 2.33. The maximum atomic E-state index is 2.68. The number of likely N-dealkylation sites (tertiary alicyclic amines) is 1.